The number of amides is 1. The van der Waals surface area contributed by atoms with Crippen molar-refractivity contribution in [3.05, 3.63) is 29.8 Å². The molecule has 0 saturated heterocycles. The van der Waals surface area contributed by atoms with Crippen molar-refractivity contribution < 1.29 is 4.79 Å². The number of hydrogen-bond donors (Lipinski definition) is 2. The first kappa shape index (κ1) is 16.0. The number of hydrogen-bond acceptors (Lipinski definition) is 2. The summed E-state index contributed by atoms with van der Waals surface area (Å²) in [5, 5.41) is 6.47. The molecule has 2 N–H and O–H groups in total. The first-order chi connectivity index (χ1) is 10.1. The fraction of sp³-hybridized carbons (Fsp3) is 0.611. The van der Waals surface area contributed by atoms with Gasteiger partial charge in [0.1, 0.15) is 0 Å². The Morgan fingerprint density at radius 3 is 2.43 bits per heavy atom. The molecular formula is C18H28N2O. The molecule has 3 nitrogen and oxygen atoms in total. The molecule has 21 heavy (non-hydrogen) atoms. The lowest BCUT2D eigenvalue weighted by Gasteiger charge is -2.32. The summed E-state index contributed by atoms with van der Waals surface area (Å²) in [6, 6.07) is 8.18. The van der Waals surface area contributed by atoms with E-state index in [-0.39, 0.29) is 11.3 Å². The highest BCUT2D eigenvalue weighted by Crippen LogP contribution is 2.36. The van der Waals surface area contributed by atoms with Gasteiger partial charge in [-0.2, -0.15) is 0 Å². The lowest BCUT2D eigenvalue weighted by atomic mass is 9.75. The van der Waals surface area contributed by atoms with Gasteiger partial charge >= 0.3 is 0 Å². The van der Waals surface area contributed by atoms with Gasteiger partial charge in [0, 0.05) is 17.6 Å². The van der Waals surface area contributed by atoms with E-state index in [0.29, 0.717) is 0 Å². The standard InChI is InChI=1S/C18H28N2O/c1-3-13-19-14-15-7-9-16(10-8-15)20-17(21)18(2)11-5-4-6-12-18/h7-10,19H,3-6,11-14H2,1-2H3,(H,20,21). The number of rotatable bonds is 6. The Balaban J connectivity index is 1.89. The highest BCUT2D eigenvalue weighted by molar-refractivity contribution is 5.95. The van der Waals surface area contributed by atoms with Gasteiger partial charge in [-0.1, -0.05) is 45.2 Å². The van der Waals surface area contributed by atoms with Crippen LogP contribution in [0.1, 0.15) is 57.9 Å². The molecule has 0 spiro atoms. The summed E-state index contributed by atoms with van der Waals surface area (Å²) < 4.78 is 0. The normalized spacial score (nSPS) is 17.4. The van der Waals surface area contributed by atoms with E-state index in [1.54, 1.807) is 0 Å². The van der Waals surface area contributed by atoms with Crippen molar-refractivity contribution in [2.75, 3.05) is 11.9 Å². The summed E-state index contributed by atoms with van der Waals surface area (Å²) in [7, 11) is 0. The van der Waals surface area contributed by atoms with Crippen molar-refractivity contribution in [3.63, 3.8) is 0 Å². The summed E-state index contributed by atoms with van der Waals surface area (Å²) in [6.07, 6.45) is 6.78. The molecule has 2 rings (SSSR count). The van der Waals surface area contributed by atoms with Crippen molar-refractivity contribution in [2.45, 2.75) is 58.9 Å². The lowest BCUT2D eigenvalue weighted by molar-refractivity contribution is -0.126. The van der Waals surface area contributed by atoms with Crippen molar-refractivity contribution in [3.8, 4) is 0 Å². The van der Waals surface area contributed by atoms with E-state index in [1.165, 1.54) is 24.8 Å². The van der Waals surface area contributed by atoms with Crippen molar-refractivity contribution >= 4 is 11.6 Å². The number of benzene rings is 1. The molecule has 0 unspecified atom stereocenters. The van der Waals surface area contributed by atoms with Gasteiger partial charge in [0.2, 0.25) is 5.91 Å². The van der Waals surface area contributed by atoms with Crippen LogP contribution in [0.5, 0.6) is 0 Å². The molecule has 0 bridgehead atoms. The van der Waals surface area contributed by atoms with E-state index in [0.717, 1.165) is 38.0 Å². The number of carbonyl (C=O) groups is 1. The second-order valence-corrected chi connectivity index (χ2v) is 6.45. The lowest BCUT2D eigenvalue weighted by Crippen LogP contribution is -2.35. The van der Waals surface area contributed by atoms with Crippen LogP contribution in [0.25, 0.3) is 0 Å². The van der Waals surface area contributed by atoms with Gasteiger partial charge in [-0.05, 0) is 43.5 Å². The molecule has 3 heteroatoms. The molecule has 1 aliphatic carbocycles. The largest absolute Gasteiger partial charge is 0.326 e. The van der Waals surface area contributed by atoms with E-state index >= 15 is 0 Å². The molecule has 0 atom stereocenters. The van der Waals surface area contributed by atoms with Crippen molar-refractivity contribution in [1.29, 1.82) is 0 Å². The topological polar surface area (TPSA) is 41.1 Å². The minimum Gasteiger partial charge on any atom is -0.326 e. The van der Waals surface area contributed by atoms with Gasteiger partial charge in [0.25, 0.3) is 0 Å². The van der Waals surface area contributed by atoms with Crippen LogP contribution < -0.4 is 10.6 Å². The quantitative estimate of drug-likeness (QED) is 0.774. The highest BCUT2D eigenvalue weighted by Gasteiger charge is 2.34. The Morgan fingerprint density at radius 1 is 1.14 bits per heavy atom. The second-order valence-electron chi connectivity index (χ2n) is 6.45. The minimum atomic E-state index is -0.181. The molecule has 0 heterocycles. The Hall–Kier alpha value is -1.35. The predicted octanol–water partition coefficient (Wildman–Crippen LogP) is 4.10. The molecule has 0 aromatic heterocycles. The zero-order valence-corrected chi connectivity index (χ0v) is 13.4. The van der Waals surface area contributed by atoms with Crippen LogP contribution in [0, 0.1) is 5.41 Å². The molecule has 1 aromatic rings. The molecule has 1 fully saturated rings. The van der Waals surface area contributed by atoms with Crippen LogP contribution in [0.3, 0.4) is 0 Å². The van der Waals surface area contributed by atoms with Crippen LogP contribution in [-0.4, -0.2) is 12.5 Å². The number of anilines is 1. The smallest absolute Gasteiger partial charge is 0.230 e. The molecule has 1 saturated carbocycles. The zero-order chi connectivity index (χ0) is 15.1. The fourth-order valence-corrected chi connectivity index (χ4v) is 2.96. The third kappa shape index (κ3) is 4.57. The molecule has 1 aliphatic rings. The average Bonchev–Trinajstić information content (AvgIpc) is 2.50. The van der Waals surface area contributed by atoms with Gasteiger partial charge in [0.15, 0.2) is 0 Å². The van der Waals surface area contributed by atoms with E-state index < -0.39 is 0 Å². The summed E-state index contributed by atoms with van der Waals surface area (Å²) in [4.78, 5) is 12.5. The van der Waals surface area contributed by atoms with Gasteiger partial charge in [-0.15, -0.1) is 0 Å². The van der Waals surface area contributed by atoms with E-state index in [2.05, 4.69) is 36.6 Å². The van der Waals surface area contributed by atoms with Crippen LogP contribution in [-0.2, 0) is 11.3 Å². The number of carbonyl (C=O) groups excluding carboxylic acids is 1. The van der Waals surface area contributed by atoms with Gasteiger partial charge < -0.3 is 10.6 Å². The average molecular weight is 288 g/mol. The zero-order valence-electron chi connectivity index (χ0n) is 13.4. The van der Waals surface area contributed by atoms with Crippen molar-refractivity contribution in [2.24, 2.45) is 5.41 Å². The van der Waals surface area contributed by atoms with Gasteiger partial charge in [0.05, 0.1) is 0 Å². The molecule has 116 valence electrons. The van der Waals surface area contributed by atoms with E-state index in [1.807, 2.05) is 12.1 Å². The third-order valence-electron chi connectivity index (χ3n) is 4.47. The van der Waals surface area contributed by atoms with Crippen molar-refractivity contribution in [1.82, 2.24) is 5.32 Å². The molecule has 0 radical (unpaired) electrons. The Labute approximate surface area is 128 Å². The predicted molar refractivity (Wildman–Crippen MR) is 88.3 cm³/mol. The van der Waals surface area contributed by atoms with Crippen LogP contribution in [0.15, 0.2) is 24.3 Å². The second kappa shape index (κ2) is 7.60. The van der Waals surface area contributed by atoms with Crippen LogP contribution in [0.4, 0.5) is 5.69 Å². The summed E-state index contributed by atoms with van der Waals surface area (Å²) >= 11 is 0. The molecule has 1 aromatic carbocycles. The molecular weight excluding hydrogens is 260 g/mol. The highest BCUT2D eigenvalue weighted by atomic mass is 16.2. The van der Waals surface area contributed by atoms with Gasteiger partial charge in [-0.25, -0.2) is 0 Å². The molecule has 1 amide bonds. The Bertz CT molecular complexity index is 447. The maximum absolute atomic E-state index is 12.5. The van der Waals surface area contributed by atoms with Crippen LogP contribution in [0.2, 0.25) is 0 Å². The first-order valence-electron chi connectivity index (χ1n) is 8.25. The van der Waals surface area contributed by atoms with E-state index in [9.17, 15) is 4.79 Å². The third-order valence-corrected chi connectivity index (χ3v) is 4.47. The number of nitrogens with one attached hydrogen (secondary N) is 2. The maximum atomic E-state index is 12.5. The van der Waals surface area contributed by atoms with E-state index in [4.69, 9.17) is 0 Å². The summed E-state index contributed by atoms with van der Waals surface area (Å²) in [5.41, 5.74) is 1.98. The monoisotopic (exact) mass is 288 g/mol. The summed E-state index contributed by atoms with van der Waals surface area (Å²) in [6.45, 7) is 6.19. The first-order valence-corrected chi connectivity index (χ1v) is 8.25. The Kier molecular flexibility index (Phi) is 5.80. The SMILES string of the molecule is CCCNCc1ccc(NC(=O)C2(C)CCCCC2)cc1. The maximum Gasteiger partial charge on any atom is 0.230 e. The summed E-state index contributed by atoms with van der Waals surface area (Å²) in [5.74, 6) is 0.180. The van der Waals surface area contributed by atoms with Crippen LogP contribution >= 0.6 is 0 Å². The fourth-order valence-electron chi connectivity index (χ4n) is 2.96. The molecule has 0 aliphatic heterocycles. The Morgan fingerprint density at radius 2 is 1.81 bits per heavy atom. The minimum absolute atomic E-state index is 0.180. The van der Waals surface area contributed by atoms with Gasteiger partial charge in [-0.3, -0.25) is 4.79 Å².